The van der Waals surface area contributed by atoms with Crippen molar-refractivity contribution in [3.8, 4) is 11.3 Å². The quantitative estimate of drug-likeness (QED) is 0.642. The minimum absolute atomic E-state index is 0.290. The minimum Gasteiger partial charge on any atom is -0.449 e. The topological polar surface area (TPSA) is 66.5 Å². The van der Waals surface area contributed by atoms with Crippen LogP contribution in [-0.4, -0.2) is 67.0 Å². The predicted octanol–water partition coefficient (Wildman–Crippen LogP) is 4.13. The molecule has 3 aliphatic rings. The number of piperidine rings is 2. The standard InChI is InChI=1S/C27H35FN4O2/c28-27(10-14-32(15-11-27)26(33)34-18-20-8-12-29-13-9-20)19-31-25-16-23(25)22-6-7-24(30-17-22)21-4-2-1-3-5-21/h1-7,17,20,23,25,29,31H,8-16,18-19H2. The number of pyridine rings is 1. The first kappa shape index (κ1) is 23.2. The average molecular weight is 467 g/mol. The molecule has 2 unspecified atom stereocenters. The van der Waals surface area contributed by atoms with Crippen molar-refractivity contribution in [3.63, 3.8) is 0 Å². The number of halogens is 1. The molecular weight excluding hydrogens is 431 g/mol. The van der Waals surface area contributed by atoms with Crippen LogP contribution in [-0.2, 0) is 4.74 Å². The molecule has 0 spiro atoms. The van der Waals surface area contributed by atoms with E-state index < -0.39 is 5.67 Å². The second-order valence-electron chi connectivity index (χ2n) is 10.1. The van der Waals surface area contributed by atoms with E-state index in [4.69, 9.17) is 4.74 Å². The molecule has 7 heteroatoms. The number of hydrogen-bond acceptors (Lipinski definition) is 5. The molecule has 1 amide bonds. The fourth-order valence-electron chi connectivity index (χ4n) is 5.10. The molecule has 2 saturated heterocycles. The summed E-state index contributed by atoms with van der Waals surface area (Å²) in [6.07, 6.45) is 5.47. The molecule has 34 heavy (non-hydrogen) atoms. The molecule has 2 N–H and O–H groups in total. The largest absolute Gasteiger partial charge is 0.449 e. The van der Waals surface area contributed by atoms with Crippen LogP contribution in [0.25, 0.3) is 11.3 Å². The lowest BCUT2D eigenvalue weighted by Gasteiger charge is -2.36. The van der Waals surface area contributed by atoms with Gasteiger partial charge in [0.2, 0.25) is 0 Å². The lowest BCUT2D eigenvalue weighted by atomic mass is 9.93. The van der Waals surface area contributed by atoms with Gasteiger partial charge in [-0.1, -0.05) is 36.4 Å². The van der Waals surface area contributed by atoms with E-state index >= 15 is 4.39 Å². The van der Waals surface area contributed by atoms with Crippen LogP contribution >= 0.6 is 0 Å². The van der Waals surface area contributed by atoms with Crippen LogP contribution in [0.4, 0.5) is 9.18 Å². The normalized spacial score (nSPS) is 24.6. The van der Waals surface area contributed by atoms with E-state index in [1.54, 1.807) is 4.90 Å². The summed E-state index contributed by atoms with van der Waals surface area (Å²) in [6.45, 7) is 3.62. The third-order valence-corrected chi connectivity index (χ3v) is 7.57. The smallest absolute Gasteiger partial charge is 0.409 e. The van der Waals surface area contributed by atoms with Gasteiger partial charge in [0.15, 0.2) is 0 Å². The maximum Gasteiger partial charge on any atom is 0.409 e. The zero-order valence-electron chi connectivity index (χ0n) is 19.7. The molecule has 2 aromatic rings. The van der Waals surface area contributed by atoms with Crippen LogP contribution in [0.2, 0.25) is 0 Å². The molecule has 5 rings (SSSR count). The van der Waals surface area contributed by atoms with E-state index in [1.807, 2.05) is 24.4 Å². The minimum atomic E-state index is -1.27. The van der Waals surface area contributed by atoms with Crippen molar-refractivity contribution < 1.29 is 13.9 Å². The van der Waals surface area contributed by atoms with Crippen LogP contribution in [0.5, 0.6) is 0 Å². The van der Waals surface area contributed by atoms with Crippen molar-refractivity contribution in [1.82, 2.24) is 20.5 Å². The molecular formula is C27H35FN4O2. The summed E-state index contributed by atoms with van der Waals surface area (Å²) in [7, 11) is 0. The number of likely N-dealkylation sites (tertiary alicyclic amines) is 1. The Morgan fingerprint density at radius 3 is 2.62 bits per heavy atom. The molecule has 1 aromatic carbocycles. The second kappa shape index (κ2) is 10.4. The zero-order chi connectivity index (χ0) is 23.4. The van der Waals surface area contributed by atoms with Crippen LogP contribution in [0.15, 0.2) is 48.7 Å². The summed E-state index contributed by atoms with van der Waals surface area (Å²) >= 11 is 0. The Morgan fingerprint density at radius 2 is 1.91 bits per heavy atom. The Kier molecular flexibility index (Phi) is 7.11. The number of nitrogens with zero attached hydrogens (tertiary/aromatic N) is 2. The van der Waals surface area contributed by atoms with Crippen molar-refractivity contribution in [2.45, 2.75) is 49.7 Å². The van der Waals surface area contributed by atoms with Gasteiger partial charge in [-0.05, 0) is 49.9 Å². The zero-order valence-corrected chi connectivity index (χ0v) is 19.7. The molecule has 3 fully saturated rings. The summed E-state index contributed by atoms with van der Waals surface area (Å²) in [4.78, 5) is 18.7. The number of nitrogens with one attached hydrogen (secondary N) is 2. The Morgan fingerprint density at radius 1 is 1.15 bits per heavy atom. The van der Waals surface area contributed by atoms with Gasteiger partial charge in [-0.15, -0.1) is 0 Å². The summed E-state index contributed by atoms with van der Waals surface area (Å²) in [5, 5.41) is 6.75. The van der Waals surface area contributed by atoms with E-state index in [0.29, 0.717) is 57.0 Å². The lowest BCUT2D eigenvalue weighted by Crippen LogP contribution is -2.49. The molecule has 0 radical (unpaired) electrons. The van der Waals surface area contributed by atoms with Gasteiger partial charge in [0.25, 0.3) is 0 Å². The van der Waals surface area contributed by atoms with Gasteiger partial charge in [-0.2, -0.15) is 0 Å². The van der Waals surface area contributed by atoms with Crippen LogP contribution < -0.4 is 10.6 Å². The molecule has 1 aliphatic carbocycles. The van der Waals surface area contributed by atoms with E-state index in [1.165, 1.54) is 5.56 Å². The summed E-state index contributed by atoms with van der Waals surface area (Å²) in [5.41, 5.74) is 2.02. The summed E-state index contributed by atoms with van der Waals surface area (Å²) in [6, 6.07) is 14.7. The van der Waals surface area contributed by atoms with Crippen LogP contribution in [0.1, 0.15) is 43.6 Å². The predicted molar refractivity (Wildman–Crippen MR) is 130 cm³/mol. The van der Waals surface area contributed by atoms with Gasteiger partial charge in [0, 0.05) is 56.2 Å². The van der Waals surface area contributed by atoms with Crippen molar-refractivity contribution in [2.24, 2.45) is 5.92 Å². The maximum atomic E-state index is 15.4. The number of aromatic nitrogens is 1. The van der Waals surface area contributed by atoms with E-state index in [0.717, 1.165) is 43.6 Å². The Labute approximate surface area is 201 Å². The summed E-state index contributed by atoms with van der Waals surface area (Å²) in [5.74, 6) is 0.835. The molecule has 0 bridgehead atoms. The third kappa shape index (κ3) is 5.76. The molecule has 2 atom stereocenters. The highest BCUT2D eigenvalue weighted by Crippen LogP contribution is 2.41. The van der Waals surface area contributed by atoms with Gasteiger partial charge in [0.1, 0.15) is 5.67 Å². The Bertz CT molecular complexity index is 941. The Hall–Kier alpha value is -2.51. The Balaban J connectivity index is 1.03. The second-order valence-corrected chi connectivity index (χ2v) is 10.1. The van der Waals surface area contributed by atoms with Crippen molar-refractivity contribution >= 4 is 6.09 Å². The first-order valence-electron chi connectivity index (χ1n) is 12.7. The molecule has 6 nitrogen and oxygen atoms in total. The molecule has 1 aromatic heterocycles. The fraction of sp³-hybridized carbons (Fsp3) is 0.556. The highest BCUT2D eigenvalue weighted by molar-refractivity contribution is 5.67. The molecule has 2 aliphatic heterocycles. The number of hydrogen-bond donors (Lipinski definition) is 2. The average Bonchev–Trinajstić information content (AvgIpc) is 3.68. The van der Waals surface area contributed by atoms with Crippen LogP contribution in [0.3, 0.4) is 0 Å². The number of rotatable bonds is 7. The van der Waals surface area contributed by atoms with Gasteiger partial charge in [-0.3, -0.25) is 4.98 Å². The number of amides is 1. The van der Waals surface area contributed by atoms with Crippen molar-refractivity contribution in [1.29, 1.82) is 0 Å². The lowest BCUT2D eigenvalue weighted by molar-refractivity contribution is 0.0362. The van der Waals surface area contributed by atoms with E-state index in [2.05, 4.69) is 39.9 Å². The monoisotopic (exact) mass is 466 g/mol. The number of ether oxygens (including phenoxy) is 1. The van der Waals surface area contributed by atoms with Crippen LogP contribution in [0, 0.1) is 5.92 Å². The highest BCUT2D eigenvalue weighted by atomic mass is 19.1. The van der Waals surface area contributed by atoms with Gasteiger partial charge in [0.05, 0.1) is 12.3 Å². The maximum absolute atomic E-state index is 15.4. The SMILES string of the molecule is O=C(OCC1CCNCC1)N1CCC(F)(CNC2CC2c2ccc(-c3ccccc3)nc2)CC1. The number of carbonyl (C=O) groups is 1. The number of carbonyl (C=O) groups excluding carboxylic acids is 1. The highest BCUT2D eigenvalue weighted by Gasteiger charge is 2.42. The van der Waals surface area contributed by atoms with Crippen molar-refractivity contribution in [2.75, 3.05) is 39.3 Å². The molecule has 182 valence electrons. The first-order valence-corrected chi connectivity index (χ1v) is 12.7. The molecule has 1 saturated carbocycles. The van der Waals surface area contributed by atoms with Crippen molar-refractivity contribution in [3.05, 3.63) is 54.2 Å². The third-order valence-electron chi connectivity index (χ3n) is 7.57. The van der Waals surface area contributed by atoms with E-state index in [9.17, 15) is 4.79 Å². The molecule has 3 heterocycles. The number of alkyl halides is 1. The van der Waals surface area contributed by atoms with Gasteiger partial charge in [-0.25, -0.2) is 9.18 Å². The van der Waals surface area contributed by atoms with E-state index in [-0.39, 0.29) is 6.09 Å². The summed E-state index contributed by atoms with van der Waals surface area (Å²) < 4.78 is 20.9. The van der Waals surface area contributed by atoms with Gasteiger partial charge < -0.3 is 20.3 Å². The number of benzene rings is 1. The first-order chi connectivity index (χ1) is 16.6. The fourth-order valence-corrected chi connectivity index (χ4v) is 5.10. The van der Waals surface area contributed by atoms with Gasteiger partial charge >= 0.3 is 6.09 Å².